The number of benzene rings is 1. The van der Waals surface area contributed by atoms with E-state index in [4.69, 9.17) is 0 Å². The van der Waals surface area contributed by atoms with Crippen LogP contribution in [0.1, 0.15) is 18.4 Å². The van der Waals surface area contributed by atoms with Gasteiger partial charge in [0, 0.05) is 58.9 Å². The van der Waals surface area contributed by atoms with E-state index in [1.54, 1.807) is 12.1 Å². The molecule has 1 amide bonds. The van der Waals surface area contributed by atoms with Crippen LogP contribution in [0.2, 0.25) is 0 Å². The Balaban J connectivity index is 1.30. The highest BCUT2D eigenvalue weighted by atomic mass is 32.2. The first-order chi connectivity index (χ1) is 14.8. The molecule has 0 bridgehead atoms. The summed E-state index contributed by atoms with van der Waals surface area (Å²) < 4.78 is 27.1. The highest BCUT2D eigenvalue weighted by molar-refractivity contribution is 7.89. The first-order valence-electron chi connectivity index (χ1n) is 11.3. The van der Waals surface area contributed by atoms with Gasteiger partial charge in [-0.2, -0.15) is 4.31 Å². The van der Waals surface area contributed by atoms with Crippen LogP contribution < -0.4 is 5.32 Å². The summed E-state index contributed by atoms with van der Waals surface area (Å²) in [6.07, 6.45) is 2.08. The Labute approximate surface area is 187 Å². The van der Waals surface area contributed by atoms with Crippen LogP contribution in [0.15, 0.2) is 29.2 Å². The summed E-state index contributed by atoms with van der Waals surface area (Å²) in [6, 6.07) is 6.96. The van der Waals surface area contributed by atoms with Crippen molar-refractivity contribution in [3.8, 4) is 0 Å². The zero-order valence-electron chi connectivity index (χ0n) is 18.9. The number of carbonyl (C=O) groups excluding carboxylic acids is 1. The molecule has 1 aromatic rings. The smallest absolute Gasteiger partial charge is 0.243 e. The number of carbonyl (C=O) groups is 1. The summed E-state index contributed by atoms with van der Waals surface area (Å²) in [5.74, 6) is 0.0226. The van der Waals surface area contributed by atoms with Crippen LogP contribution in [0.5, 0.6) is 0 Å². The van der Waals surface area contributed by atoms with Gasteiger partial charge in [-0.15, -0.1) is 0 Å². The lowest BCUT2D eigenvalue weighted by Crippen LogP contribution is -2.51. The molecule has 9 heteroatoms. The van der Waals surface area contributed by atoms with Gasteiger partial charge in [0.15, 0.2) is 0 Å². The number of sulfonamides is 1. The first kappa shape index (κ1) is 24.1. The summed E-state index contributed by atoms with van der Waals surface area (Å²) in [4.78, 5) is 19.5. The molecule has 0 atom stereocenters. The predicted octanol–water partition coefficient (Wildman–Crippen LogP) is 0.445. The fourth-order valence-electron chi connectivity index (χ4n) is 4.01. The number of hydrogen-bond acceptors (Lipinski definition) is 6. The van der Waals surface area contributed by atoms with E-state index in [0.29, 0.717) is 44.2 Å². The second kappa shape index (κ2) is 11.4. The largest absolute Gasteiger partial charge is 0.355 e. The minimum atomic E-state index is -3.46. The number of piperazine rings is 2. The van der Waals surface area contributed by atoms with E-state index in [1.807, 2.05) is 24.0 Å². The minimum Gasteiger partial charge on any atom is -0.355 e. The normalized spacial score (nSPS) is 20.1. The predicted molar refractivity (Wildman–Crippen MR) is 123 cm³/mol. The minimum absolute atomic E-state index is 0.0226. The molecule has 31 heavy (non-hydrogen) atoms. The summed E-state index contributed by atoms with van der Waals surface area (Å²) in [5, 5.41) is 3.01. The number of aryl methyl sites for hydroxylation is 1. The molecular formula is C22H37N5O3S. The van der Waals surface area contributed by atoms with E-state index < -0.39 is 10.0 Å². The molecule has 0 radical (unpaired) electrons. The van der Waals surface area contributed by atoms with Crippen LogP contribution in [-0.2, 0) is 14.8 Å². The van der Waals surface area contributed by atoms with Crippen LogP contribution in [0, 0.1) is 6.92 Å². The van der Waals surface area contributed by atoms with Crippen LogP contribution in [0.25, 0.3) is 0 Å². The third-order valence-electron chi connectivity index (χ3n) is 6.18. The Hall–Kier alpha value is -1.52. The molecule has 0 spiro atoms. The number of likely N-dealkylation sites (N-methyl/N-ethyl adjacent to an activating group) is 1. The molecule has 2 heterocycles. The number of nitrogens with one attached hydrogen (secondary N) is 1. The molecule has 1 N–H and O–H groups in total. The quantitative estimate of drug-likeness (QED) is 0.550. The van der Waals surface area contributed by atoms with Crippen molar-refractivity contribution in [2.45, 2.75) is 24.7 Å². The van der Waals surface area contributed by atoms with E-state index in [-0.39, 0.29) is 5.91 Å². The lowest BCUT2D eigenvalue weighted by Gasteiger charge is -2.33. The van der Waals surface area contributed by atoms with Gasteiger partial charge in [-0.1, -0.05) is 17.7 Å². The number of unbranched alkanes of at least 4 members (excludes halogenated alkanes) is 1. The fraction of sp³-hybridized carbons (Fsp3) is 0.682. The lowest BCUT2D eigenvalue weighted by atomic mass is 10.2. The van der Waals surface area contributed by atoms with Gasteiger partial charge in [0.2, 0.25) is 15.9 Å². The van der Waals surface area contributed by atoms with Gasteiger partial charge in [0.1, 0.15) is 0 Å². The average Bonchev–Trinajstić information content (AvgIpc) is 2.75. The highest BCUT2D eigenvalue weighted by Gasteiger charge is 2.28. The Morgan fingerprint density at radius 2 is 1.52 bits per heavy atom. The molecule has 2 saturated heterocycles. The Kier molecular flexibility index (Phi) is 8.85. The molecule has 2 fully saturated rings. The molecule has 0 saturated carbocycles. The van der Waals surface area contributed by atoms with Crippen molar-refractivity contribution in [3.63, 3.8) is 0 Å². The first-order valence-corrected chi connectivity index (χ1v) is 12.8. The molecular weight excluding hydrogens is 414 g/mol. The lowest BCUT2D eigenvalue weighted by molar-refractivity contribution is -0.122. The molecule has 1 aromatic carbocycles. The van der Waals surface area contributed by atoms with Crippen molar-refractivity contribution in [3.05, 3.63) is 29.8 Å². The van der Waals surface area contributed by atoms with Crippen LogP contribution in [-0.4, -0.2) is 112 Å². The molecule has 174 valence electrons. The van der Waals surface area contributed by atoms with Crippen molar-refractivity contribution < 1.29 is 13.2 Å². The molecule has 0 aromatic heterocycles. The molecule has 0 unspecified atom stereocenters. The van der Waals surface area contributed by atoms with E-state index in [1.165, 1.54) is 4.31 Å². The Morgan fingerprint density at radius 1 is 0.903 bits per heavy atom. The van der Waals surface area contributed by atoms with Crippen molar-refractivity contribution >= 4 is 15.9 Å². The number of hydrogen-bond donors (Lipinski definition) is 1. The van der Waals surface area contributed by atoms with Gasteiger partial charge in [0.05, 0.1) is 11.4 Å². The topological polar surface area (TPSA) is 76.2 Å². The van der Waals surface area contributed by atoms with Gasteiger partial charge in [-0.25, -0.2) is 8.42 Å². The fourth-order valence-corrected chi connectivity index (χ4v) is 5.43. The van der Waals surface area contributed by atoms with E-state index >= 15 is 0 Å². The van der Waals surface area contributed by atoms with Crippen LogP contribution in [0.4, 0.5) is 0 Å². The van der Waals surface area contributed by atoms with Gasteiger partial charge < -0.3 is 15.1 Å². The summed E-state index contributed by atoms with van der Waals surface area (Å²) >= 11 is 0. The molecule has 8 nitrogen and oxygen atoms in total. The standard InChI is InChI=1S/C22H37N5O3S/c1-20-5-7-21(8-6-20)31(29,30)27-17-15-26(16-18-27)19-22(28)23-9-3-4-10-25-13-11-24(2)12-14-25/h5-8H,3-4,9-19H2,1-2H3,(H,23,28). The summed E-state index contributed by atoms with van der Waals surface area (Å²) in [7, 11) is -1.30. The van der Waals surface area contributed by atoms with E-state index in [2.05, 4.69) is 22.2 Å². The molecule has 2 aliphatic heterocycles. The second-order valence-corrected chi connectivity index (χ2v) is 10.6. The van der Waals surface area contributed by atoms with Crippen molar-refractivity contribution in [1.82, 2.24) is 24.3 Å². The second-order valence-electron chi connectivity index (χ2n) is 8.70. The number of amides is 1. The zero-order chi connectivity index (χ0) is 22.3. The van der Waals surface area contributed by atoms with Gasteiger partial charge >= 0.3 is 0 Å². The molecule has 2 aliphatic rings. The van der Waals surface area contributed by atoms with Crippen molar-refractivity contribution in [1.29, 1.82) is 0 Å². The van der Waals surface area contributed by atoms with Crippen LogP contribution in [0.3, 0.4) is 0 Å². The van der Waals surface area contributed by atoms with Crippen molar-refractivity contribution in [2.24, 2.45) is 0 Å². The molecule has 0 aliphatic carbocycles. The van der Waals surface area contributed by atoms with Crippen molar-refractivity contribution in [2.75, 3.05) is 79.0 Å². The Morgan fingerprint density at radius 3 is 2.16 bits per heavy atom. The van der Waals surface area contributed by atoms with Gasteiger partial charge in [-0.3, -0.25) is 9.69 Å². The molecule has 3 rings (SSSR count). The zero-order valence-corrected chi connectivity index (χ0v) is 19.7. The van der Waals surface area contributed by atoms with E-state index in [9.17, 15) is 13.2 Å². The third kappa shape index (κ3) is 7.25. The SMILES string of the molecule is Cc1ccc(S(=O)(=O)N2CCN(CC(=O)NCCCCN3CCN(C)CC3)CC2)cc1. The van der Waals surface area contributed by atoms with Gasteiger partial charge in [-0.05, 0) is 45.5 Å². The summed E-state index contributed by atoms with van der Waals surface area (Å²) in [6.45, 7) is 10.6. The van der Waals surface area contributed by atoms with Crippen LogP contribution >= 0.6 is 0 Å². The maximum Gasteiger partial charge on any atom is 0.243 e. The maximum absolute atomic E-state index is 12.8. The number of rotatable bonds is 9. The average molecular weight is 452 g/mol. The Bertz CT molecular complexity index is 799. The van der Waals surface area contributed by atoms with Gasteiger partial charge in [0.25, 0.3) is 0 Å². The maximum atomic E-state index is 12.8. The summed E-state index contributed by atoms with van der Waals surface area (Å²) in [5.41, 5.74) is 1.04. The number of nitrogens with zero attached hydrogens (tertiary/aromatic N) is 4. The van der Waals surface area contributed by atoms with E-state index in [0.717, 1.165) is 51.1 Å². The highest BCUT2D eigenvalue weighted by Crippen LogP contribution is 2.18. The third-order valence-corrected chi connectivity index (χ3v) is 8.09. The monoisotopic (exact) mass is 451 g/mol.